The first-order valence-electron chi connectivity index (χ1n) is 45.1. The largest absolute Gasteiger partial charge is 0.394 e. The van der Waals surface area contributed by atoms with Gasteiger partial charge >= 0.3 is 0 Å². The summed E-state index contributed by atoms with van der Waals surface area (Å²) in [6.45, 7) is 1.86. The number of carbonyl (C=O) groups is 1. The number of unbranched alkanes of at least 4 members (excludes halogenated alkanes) is 54. The van der Waals surface area contributed by atoms with Crippen molar-refractivity contribution in [1.82, 2.24) is 5.32 Å². The first-order chi connectivity index (χ1) is 52.3. The molecule has 17 atom stereocenters. The fourth-order valence-electron chi connectivity index (χ4n) is 15.6. The van der Waals surface area contributed by atoms with Crippen LogP contribution in [0.5, 0.6) is 0 Å². The smallest absolute Gasteiger partial charge is 0.220 e. The summed E-state index contributed by atoms with van der Waals surface area (Å²) >= 11 is 0. The Balaban J connectivity index is 1.27. The van der Waals surface area contributed by atoms with Gasteiger partial charge < -0.3 is 89.9 Å². The molecule has 0 radical (unpaired) electrons. The zero-order valence-electron chi connectivity index (χ0n) is 68.2. The lowest BCUT2D eigenvalue weighted by Crippen LogP contribution is -2.66. The monoisotopic (exact) mass is 1530 g/mol. The summed E-state index contributed by atoms with van der Waals surface area (Å²) < 4.78 is 34.6. The van der Waals surface area contributed by atoms with Gasteiger partial charge in [0.05, 0.1) is 38.6 Å². The Morgan fingerprint density at radius 1 is 0.336 bits per heavy atom. The van der Waals surface area contributed by atoms with Crippen LogP contribution in [-0.2, 0) is 33.2 Å². The van der Waals surface area contributed by atoms with Crippen molar-refractivity contribution in [2.75, 3.05) is 26.4 Å². The van der Waals surface area contributed by atoms with Gasteiger partial charge in [0.25, 0.3) is 0 Å². The summed E-state index contributed by atoms with van der Waals surface area (Å²) in [4.78, 5) is 13.5. The molecule has 0 spiro atoms. The molecule has 17 unspecified atom stereocenters. The number of amides is 1. The molecule has 0 aromatic rings. The van der Waals surface area contributed by atoms with E-state index in [4.69, 9.17) is 28.4 Å². The molecule has 3 aliphatic heterocycles. The van der Waals surface area contributed by atoms with Gasteiger partial charge in [-0.15, -0.1) is 0 Å². The number of rotatable bonds is 74. The Morgan fingerprint density at radius 3 is 0.953 bits per heavy atom. The molecule has 19 nitrogen and oxygen atoms in total. The van der Waals surface area contributed by atoms with Gasteiger partial charge in [-0.2, -0.15) is 0 Å². The van der Waals surface area contributed by atoms with Crippen LogP contribution in [0.1, 0.15) is 399 Å². The molecule has 632 valence electrons. The minimum Gasteiger partial charge on any atom is -0.394 e. The highest BCUT2D eigenvalue weighted by molar-refractivity contribution is 5.76. The molecule has 3 aliphatic rings. The number of ether oxygens (including phenoxy) is 6. The zero-order chi connectivity index (χ0) is 77.4. The van der Waals surface area contributed by atoms with Crippen molar-refractivity contribution in [2.24, 2.45) is 0 Å². The molecule has 0 aromatic heterocycles. The van der Waals surface area contributed by atoms with Gasteiger partial charge in [-0.3, -0.25) is 4.79 Å². The van der Waals surface area contributed by atoms with E-state index in [0.717, 1.165) is 51.4 Å². The lowest BCUT2D eigenvalue weighted by molar-refractivity contribution is -0.379. The van der Waals surface area contributed by atoms with Gasteiger partial charge in [0.15, 0.2) is 18.9 Å². The summed E-state index contributed by atoms with van der Waals surface area (Å²) in [7, 11) is 0. The Hall–Kier alpha value is -1.73. The van der Waals surface area contributed by atoms with Gasteiger partial charge in [0, 0.05) is 6.42 Å². The van der Waals surface area contributed by atoms with Gasteiger partial charge in [0.1, 0.15) is 73.2 Å². The van der Waals surface area contributed by atoms with Crippen LogP contribution in [0.25, 0.3) is 0 Å². The topological polar surface area (TPSA) is 307 Å². The van der Waals surface area contributed by atoms with Crippen LogP contribution < -0.4 is 5.32 Å². The second-order valence-corrected chi connectivity index (χ2v) is 32.4. The molecule has 1 amide bonds. The summed E-state index contributed by atoms with van der Waals surface area (Å²) in [5.41, 5.74) is 0. The summed E-state index contributed by atoms with van der Waals surface area (Å²) in [5.74, 6) is -0.233. The van der Waals surface area contributed by atoms with Crippen molar-refractivity contribution in [3.63, 3.8) is 0 Å². The number of aliphatic hydroxyl groups excluding tert-OH is 11. The Morgan fingerprint density at radius 2 is 0.617 bits per heavy atom. The number of allylic oxidation sites excluding steroid dienone is 4. The van der Waals surface area contributed by atoms with Gasteiger partial charge in [-0.05, 0) is 44.9 Å². The van der Waals surface area contributed by atoms with Crippen molar-refractivity contribution < 1.29 is 89.4 Å². The number of hydrogen-bond acceptors (Lipinski definition) is 18. The maximum Gasteiger partial charge on any atom is 0.220 e. The van der Waals surface area contributed by atoms with E-state index in [2.05, 4.69) is 43.5 Å². The maximum absolute atomic E-state index is 13.5. The molecule has 19 heteroatoms. The molecule has 3 rings (SSSR count). The average molecular weight is 1530 g/mol. The second-order valence-electron chi connectivity index (χ2n) is 32.4. The molecule has 12 N–H and O–H groups in total. The Kier molecular flexibility index (Phi) is 63.8. The van der Waals surface area contributed by atoms with Crippen LogP contribution in [-0.4, -0.2) is 193 Å². The third kappa shape index (κ3) is 47.7. The number of nitrogens with one attached hydrogen (secondary N) is 1. The van der Waals surface area contributed by atoms with E-state index in [1.165, 1.54) is 315 Å². The maximum atomic E-state index is 13.5. The molecule has 0 saturated carbocycles. The lowest BCUT2D eigenvalue weighted by atomic mass is 9.96. The van der Waals surface area contributed by atoms with E-state index >= 15 is 0 Å². The van der Waals surface area contributed by atoms with Crippen molar-refractivity contribution >= 4 is 5.91 Å². The molecule has 3 fully saturated rings. The third-order valence-electron chi connectivity index (χ3n) is 22.8. The minimum absolute atomic E-state index is 0.233. The Bertz CT molecular complexity index is 2020. The predicted molar refractivity (Wildman–Crippen MR) is 430 cm³/mol. The van der Waals surface area contributed by atoms with Crippen LogP contribution in [0.4, 0.5) is 0 Å². The van der Waals surface area contributed by atoms with Crippen LogP contribution in [0.15, 0.2) is 24.3 Å². The van der Waals surface area contributed by atoms with Crippen LogP contribution in [0, 0.1) is 0 Å². The van der Waals surface area contributed by atoms with Crippen molar-refractivity contribution in [3.8, 4) is 0 Å². The van der Waals surface area contributed by atoms with E-state index in [-0.39, 0.29) is 18.9 Å². The average Bonchev–Trinajstić information content (AvgIpc) is 0.782. The minimum atomic E-state index is -1.97. The molecular formula is C88H167NO18. The third-order valence-corrected chi connectivity index (χ3v) is 22.8. The van der Waals surface area contributed by atoms with Crippen molar-refractivity contribution in [2.45, 2.75) is 503 Å². The summed E-state index contributed by atoms with van der Waals surface area (Å²) in [6, 6.07) is -0.885. The quantitative estimate of drug-likeness (QED) is 0.0199. The molecular weight excluding hydrogens is 1360 g/mol. The summed E-state index contributed by atoms with van der Waals surface area (Å²) in [5, 5.41) is 121. The fourth-order valence-corrected chi connectivity index (χ4v) is 15.6. The highest BCUT2D eigenvalue weighted by Crippen LogP contribution is 2.34. The number of hydrogen-bond donors (Lipinski definition) is 12. The molecule has 0 aromatic carbocycles. The summed E-state index contributed by atoms with van der Waals surface area (Å²) in [6.07, 6.45) is 58.7. The van der Waals surface area contributed by atoms with Crippen molar-refractivity contribution in [1.29, 1.82) is 0 Å². The van der Waals surface area contributed by atoms with Gasteiger partial charge in [-0.1, -0.05) is 372 Å². The zero-order valence-corrected chi connectivity index (χ0v) is 68.2. The van der Waals surface area contributed by atoms with Gasteiger partial charge in [0.2, 0.25) is 5.91 Å². The molecule has 0 bridgehead atoms. The molecule has 107 heavy (non-hydrogen) atoms. The first kappa shape index (κ1) is 99.5. The van der Waals surface area contributed by atoms with Crippen LogP contribution >= 0.6 is 0 Å². The lowest BCUT2D eigenvalue weighted by Gasteiger charge is -2.48. The second kappa shape index (κ2) is 68.7. The highest BCUT2D eigenvalue weighted by Gasteiger charge is 2.54. The van der Waals surface area contributed by atoms with E-state index < -0.39 is 124 Å². The van der Waals surface area contributed by atoms with Crippen LogP contribution in [0.3, 0.4) is 0 Å². The van der Waals surface area contributed by atoms with E-state index in [9.17, 15) is 61.0 Å². The fraction of sp³-hybridized carbons (Fsp3) is 0.943. The normalized spacial score (nSPS) is 25.6. The standard InChI is InChI=1S/C88H167NO18/c1-3-5-7-9-11-13-15-17-19-21-23-25-26-27-28-29-30-31-32-33-34-35-36-37-38-39-40-41-42-43-44-46-48-50-52-54-56-58-60-62-64-66-76(94)89-71(72(93)65-63-61-59-57-55-53-51-49-47-45-24-22-20-18-16-14-12-10-8-6-4-2)70-102-86-82(100)79(97)84(74(68-91)104-86)107-88-83(101)80(98)85(75(69-92)105-88)106-87-81(99)78(96)77(95)73(67-90)103-87/h15,17,21,23,71-75,77-88,90-93,95-101H,3-14,16,18-20,22,24-70H2,1-2H3,(H,89,94)/b17-15-,23-21-. The molecule has 0 aliphatic carbocycles. The molecule has 3 heterocycles. The van der Waals surface area contributed by atoms with E-state index in [1.807, 2.05) is 0 Å². The van der Waals surface area contributed by atoms with Crippen LogP contribution in [0.2, 0.25) is 0 Å². The van der Waals surface area contributed by atoms with Crippen molar-refractivity contribution in [3.05, 3.63) is 24.3 Å². The Labute approximate surface area is 651 Å². The van der Waals surface area contributed by atoms with E-state index in [0.29, 0.717) is 12.8 Å². The SMILES string of the molecule is CCCCCCC/C=C\C/C=C\CCCCCCCCCCCCCCCCCCCCCCCCCCCCCCCC(=O)NC(COC1OC(CO)C(OC2OC(CO)C(OC3OC(CO)C(O)C(O)C3O)C(O)C2O)C(O)C1O)C(O)CCCCCCCCCCCCCCCCCCCCCCC. The predicted octanol–water partition coefficient (Wildman–Crippen LogP) is 16.9. The molecule has 3 saturated heterocycles. The number of carbonyl (C=O) groups excluding carboxylic acids is 1. The van der Waals surface area contributed by atoms with E-state index in [1.54, 1.807) is 0 Å². The van der Waals surface area contributed by atoms with Gasteiger partial charge in [-0.25, -0.2) is 0 Å². The number of aliphatic hydroxyl groups is 11. The first-order valence-corrected chi connectivity index (χ1v) is 45.1. The highest BCUT2D eigenvalue weighted by atomic mass is 16.8.